The number of benzene rings is 2. The van der Waals surface area contributed by atoms with Crippen molar-refractivity contribution in [1.29, 1.82) is 0 Å². The summed E-state index contributed by atoms with van der Waals surface area (Å²) in [6.07, 6.45) is 5.55. The Balaban J connectivity index is 1.32. The molecule has 6 heteroatoms. The van der Waals surface area contributed by atoms with E-state index < -0.39 is 0 Å². The number of aromatic nitrogens is 3. The molecule has 4 aromatic rings. The molecule has 3 heterocycles. The van der Waals surface area contributed by atoms with E-state index in [0.717, 1.165) is 41.6 Å². The molecule has 6 rings (SSSR count). The molecule has 1 aliphatic carbocycles. The zero-order valence-electron chi connectivity index (χ0n) is 17.9. The highest BCUT2D eigenvalue weighted by Crippen LogP contribution is 2.41. The van der Waals surface area contributed by atoms with Gasteiger partial charge in [-0.15, -0.1) is 21.5 Å². The molecule has 0 radical (unpaired) electrons. The number of fused-ring (bicyclic) bond motifs is 5. The fourth-order valence-electron chi connectivity index (χ4n) is 4.80. The summed E-state index contributed by atoms with van der Waals surface area (Å²) in [5, 5.41) is 10.8. The van der Waals surface area contributed by atoms with Gasteiger partial charge in [-0.3, -0.25) is 9.56 Å². The number of thiophene rings is 1. The summed E-state index contributed by atoms with van der Waals surface area (Å²) >= 11 is 7.91. The Morgan fingerprint density at radius 3 is 2.41 bits per heavy atom. The van der Waals surface area contributed by atoms with Crippen LogP contribution in [-0.4, -0.2) is 20.5 Å². The molecule has 2 aromatic heterocycles. The van der Waals surface area contributed by atoms with Crippen LogP contribution in [0.5, 0.6) is 0 Å². The van der Waals surface area contributed by atoms with Gasteiger partial charge in [-0.2, -0.15) is 0 Å². The van der Waals surface area contributed by atoms with Gasteiger partial charge in [0.2, 0.25) is 0 Å². The van der Waals surface area contributed by atoms with Crippen molar-refractivity contribution in [1.82, 2.24) is 14.8 Å². The molecule has 0 N–H and O–H groups in total. The largest absolute Gasteiger partial charge is 0.276 e. The molecule has 0 spiro atoms. The maximum Gasteiger partial charge on any atom is 0.160 e. The third kappa shape index (κ3) is 3.40. The highest BCUT2D eigenvalue weighted by atomic mass is 35.5. The molecule has 0 saturated heterocycles. The second-order valence-corrected chi connectivity index (χ2v) is 10.0. The van der Waals surface area contributed by atoms with E-state index in [-0.39, 0.29) is 0 Å². The molecule has 160 valence electrons. The molecule has 4 nitrogen and oxygen atoms in total. The van der Waals surface area contributed by atoms with Crippen molar-refractivity contribution in [3.05, 3.63) is 97.9 Å². The van der Waals surface area contributed by atoms with Crippen LogP contribution in [0.3, 0.4) is 0 Å². The number of rotatable bonds is 4. The quantitative estimate of drug-likeness (QED) is 0.381. The summed E-state index contributed by atoms with van der Waals surface area (Å²) in [6.45, 7) is 2.59. The molecule has 0 bridgehead atoms. The van der Waals surface area contributed by atoms with E-state index in [9.17, 15) is 0 Å². The first kappa shape index (κ1) is 19.9. The monoisotopic (exact) mass is 458 g/mol. The van der Waals surface area contributed by atoms with Crippen molar-refractivity contribution < 1.29 is 0 Å². The highest BCUT2D eigenvalue weighted by Gasteiger charge is 2.30. The first-order valence-corrected chi connectivity index (χ1v) is 12.3. The van der Waals surface area contributed by atoms with Crippen LogP contribution in [0.25, 0.3) is 5.00 Å². The summed E-state index contributed by atoms with van der Waals surface area (Å²) < 4.78 is 2.22. The van der Waals surface area contributed by atoms with Gasteiger partial charge < -0.3 is 0 Å². The van der Waals surface area contributed by atoms with Crippen molar-refractivity contribution in [3.63, 3.8) is 0 Å². The summed E-state index contributed by atoms with van der Waals surface area (Å²) in [7, 11) is 0. The van der Waals surface area contributed by atoms with Crippen LogP contribution in [0.15, 0.2) is 53.5 Å². The van der Waals surface area contributed by atoms with Gasteiger partial charge >= 0.3 is 0 Å². The van der Waals surface area contributed by atoms with Gasteiger partial charge in [-0.05, 0) is 67.9 Å². The molecule has 32 heavy (non-hydrogen) atoms. The topological polar surface area (TPSA) is 43.1 Å². The first-order valence-electron chi connectivity index (χ1n) is 11.1. The average Bonchev–Trinajstić information content (AvgIpc) is 3.47. The smallest absolute Gasteiger partial charge is 0.160 e. The second kappa shape index (κ2) is 7.98. The maximum absolute atomic E-state index is 6.01. The predicted octanol–water partition coefficient (Wildman–Crippen LogP) is 5.92. The van der Waals surface area contributed by atoms with E-state index in [2.05, 4.69) is 51.2 Å². The Bertz CT molecular complexity index is 1330. The standard InChI is InChI=1S/C26H23ClN4S/c1-16-29-30-23-15-28-25(24-21-3-2-4-22(21)32-26(24)31(16)23)19-11-7-17(8-12-19)5-6-18-9-13-20(27)14-10-18/h7-14H,2-6,15H2,1H3. The van der Waals surface area contributed by atoms with Crippen LogP contribution < -0.4 is 0 Å². The Morgan fingerprint density at radius 1 is 0.938 bits per heavy atom. The van der Waals surface area contributed by atoms with Crippen LogP contribution in [0, 0.1) is 6.92 Å². The predicted molar refractivity (Wildman–Crippen MR) is 131 cm³/mol. The Morgan fingerprint density at radius 2 is 1.66 bits per heavy atom. The highest BCUT2D eigenvalue weighted by molar-refractivity contribution is 7.15. The summed E-state index contributed by atoms with van der Waals surface area (Å²) in [6, 6.07) is 17.1. The second-order valence-electron chi connectivity index (χ2n) is 8.52. The maximum atomic E-state index is 6.01. The van der Waals surface area contributed by atoms with E-state index in [1.54, 1.807) is 0 Å². The molecule has 0 unspecified atom stereocenters. The van der Waals surface area contributed by atoms with Gasteiger partial charge in [-0.1, -0.05) is 48.0 Å². The minimum absolute atomic E-state index is 0.560. The van der Waals surface area contributed by atoms with Crippen LogP contribution in [0.4, 0.5) is 0 Å². The van der Waals surface area contributed by atoms with E-state index in [4.69, 9.17) is 16.6 Å². The average molecular weight is 459 g/mol. The van der Waals surface area contributed by atoms with Gasteiger partial charge in [-0.25, -0.2) is 0 Å². The SMILES string of the molecule is Cc1nnc2n1-c1sc3c(c1C(c1ccc(CCc4ccc(Cl)cc4)cc1)=NC2)CCC3. The van der Waals surface area contributed by atoms with Crippen molar-refractivity contribution >= 4 is 28.6 Å². The lowest BCUT2D eigenvalue weighted by molar-refractivity contribution is 0.868. The van der Waals surface area contributed by atoms with Crippen LogP contribution >= 0.6 is 22.9 Å². The molecule has 0 amide bonds. The molecule has 0 atom stereocenters. The zero-order chi connectivity index (χ0) is 21.7. The van der Waals surface area contributed by atoms with Crippen LogP contribution in [0.2, 0.25) is 5.02 Å². The lowest BCUT2D eigenvalue weighted by Gasteiger charge is -2.11. The van der Waals surface area contributed by atoms with E-state index in [1.165, 1.54) is 50.5 Å². The number of nitrogens with zero attached hydrogens (tertiary/aromatic N) is 4. The molecule has 0 fully saturated rings. The fraction of sp³-hybridized carbons (Fsp3) is 0.269. The number of hydrogen-bond donors (Lipinski definition) is 0. The Kier molecular flexibility index (Phi) is 4.96. The van der Waals surface area contributed by atoms with Crippen molar-refractivity contribution in [2.45, 2.75) is 45.6 Å². The molecular weight excluding hydrogens is 436 g/mol. The van der Waals surface area contributed by atoms with E-state index in [0.29, 0.717) is 6.54 Å². The number of hydrogen-bond acceptors (Lipinski definition) is 4. The number of aliphatic imine (C=N–C) groups is 1. The Hall–Kier alpha value is -2.76. The van der Waals surface area contributed by atoms with Gasteiger partial charge in [0.15, 0.2) is 5.82 Å². The number of halogens is 1. The minimum atomic E-state index is 0.560. The zero-order valence-corrected chi connectivity index (χ0v) is 19.5. The molecule has 2 aliphatic rings. The van der Waals surface area contributed by atoms with E-state index >= 15 is 0 Å². The van der Waals surface area contributed by atoms with Crippen LogP contribution in [-0.2, 0) is 32.2 Å². The van der Waals surface area contributed by atoms with Crippen molar-refractivity contribution in [2.24, 2.45) is 4.99 Å². The van der Waals surface area contributed by atoms with Gasteiger partial charge in [0.25, 0.3) is 0 Å². The lowest BCUT2D eigenvalue weighted by atomic mass is 9.97. The Labute approximate surface area is 196 Å². The fourth-order valence-corrected chi connectivity index (χ4v) is 6.38. The summed E-state index contributed by atoms with van der Waals surface area (Å²) in [5.41, 5.74) is 7.72. The summed E-state index contributed by atoms with van der Waals surface area (Å²) in [5.74, 6) is 1.87. The minimum Gasteiger partial charge on any atom is -0.276 e. The third-order valence-corrected chi connectivity index (χ3v) is 7.99. The molecule has 0 saturated carbocycles. The van der Waals surface area contributed by atoms with Crippen molar-refractivity contribution in [3.8, 4) is 5.00 Å². The molecular formula is C26H23ClN4S. The molecule has 2 aromatic carbocycles. The summed E-state index contributed by atoms with van der Waals surface area (Å²) in [4.78, 5) is 6.56. The van der Waals surface area contributed by atoms with E-state index in [1.807, 2.05) is 30.4 Å². The molecule has 1 aliphatic heterocycles. The van der Waals surface area contributed by atoms with Crippen molar-refractivity contribution in [2.75, 3.05) is 0 Å². The van der Waals surface area contributed by atoms with Gasteiger partial charge in [0.1, 0.15) is 17.4 Å². The van der Waals surface area contributed by atoms with Crippen LogP contribution in [0.1, 0.15) is 50.8 Å². The third-order valence-electron chi connectivity index (χ3n) is 6.46. The van der Waals surface area contributed by atoms with Gasteiger partial charge in [0, 0.05) is 21.0 Å². The number of aryl methyl sites for hydroxylation is 4. The normalized spacial score (nSPS) is 14.5. The first-order chi connectivity index (χ1) is 15.7. The van der Waals surface area contributed by atoms with Gasteiger partial charge in [0.05, 0.1) is 5.71 Å². The lowest BCUT2D eigenvalue weighted by Crippen LogP contribution is -2.08.